The lowest BCUT2D eigenvalue weighted by molar-refractivity contribution is 0.544. The fourth-order valence-corrected chi connectivity index (χ4v) is 1.92. The fraction of sp³-hybridized carbons (Fsp3) is 0.500. The third-order valence-corrected chi connectivity index (χ3v) is 2.96. The summed E-state index contributed by atoms with van der Waals surface area (Å²) in [6.07, 6.45) is 3.64. The van der Waals surface area contributed by atoms with Crippen molar-refractivity contribution in [3.05, 3.63) is 30.3 Å². The Morgan fingerprint density at radius 3 is 2.68 bits per heavy atom. The molecule has 1 N–H and O–H groups in total. The minimum atomic E-state index is 0.704. The molecule has 1 aromatic heterocycles. The van der Waals surface area contributed by atoms with Crippen molar-refractivity contribution in [3.63, 3.8) is 0 Å². The molecular formula is C14H21N5. The van der Waals surface area contributed by atoms with E-state index in [1.165, 1.54) is 12.8 Å². The molecule has 0 spiro atoms. The van der Waals surface area contributed by atoms with Gasteiger partial charge in [0.15, 0.2) is 0 Å². The molecule has 0 saturated carbocycles. The molecule has 2 rings (SSSR count). The minimum absolute atomic E-state index is 0.704. The van der Waals surface area contributed by atoms with Crippen molar-refractivity contribution in [1.29, 1.82) is 0 Å². The van der Waals surface area contributed by atoms with Gasteiger partial charge in [-0.2, -0.15) is 4.68 Å². The third kappa shape index (κ3) is 4.05. The second-order valence-corrected chi connectivity index (χ2v) is 5.07. The number of anilines is 1. The van der Waals surface area contributed by atoms with Crippen LogP contribution < -0.4 is 5.32 Å². The lowest BCUT2D eigenvalue weighted by Gasteiger charge is -2.07. The highest BCUT2D eigenvalue weighted by molar-refractivity contribution is 5.38. The number of unbranched alkanes of at least 4 members (excludes halogenated alkanes) is 1. The number of hydrogen-bond donors (Lipinski definition) is 1. The van der Waals surface area contributed by atoms with Crippen LogP contribution in [0.3, 0.4) is 0 Å². The van der Waals surface area contributed by atoms with Gasteiger partial charge in [-0.25, -0.2) is 0 Å². The first-order valence-corrected chi connectivity index (χ1v) is 6.85. The number of nitrogens with zero attached hydrogens (tertiary/aromatic N) is 4. The maximum absolute atomic E-state index is 4.02. The smallest absolute Gasteiger partial charge is 0.247 e. The van der Waals surface area contributed by atoms with E-state index in [9.17, 15) is 0 Å². The molecule has 0 atom stereocenters. The van der Waals surface area contributed by atoms with Crippen LogP contribution in [-0.4, -0.2) is 26.8 Å². The topological polar surface area (TPSA) is 55.6 Å². The van der Waals surface area contributed by atoms with E-state index in [0.717, 1.165) is 24.6 Å². The summed E-state index contributed by atoms with van der Waals surface area (Å²) in [6.45, 7) is 5.41. The van der Waals surface area contributed by atoms with Crippen LogP contribution in [0.2, 0.25) is 0 Å². The van der Waals surface area contributed by atoms with Gasteiger partial charge in [0.1, 0.15) is 0 Å². The fourth-order valence-electron chi connectivity index (χ4n) is 1.92. The van der Waals surface area contributed by atoms with Gasteiger partial charge in [0.25, 0.3) is 0 Å². The Balaban J connectivity index is 1.87. The Morgan fingerprint density at radius 2 is 1.95 bits per heavy atom. The third-order valence-electron chi connectivity index (χ3n) is 2.96. The summed E-state index contributed by atoms with van der Waals surface area (Å²) in [7, 11) is 0. The first-order valence-electron chi connectivity index (χ1n) is 6.85. The van der Waals surface area contributed by atoms with Crippen molar-refractivity contribution in [2.24, 2.45) is 5.92 Å². The zero-order chi connectivity index (χ0) is 13.5. The number of tetrazole rings is 1. The lowest BCUT2D eigenvalue weighted by atomic mass is 10.1. The number of para-hydroxylation sites is 1. The largest absolute Gasteiger partial charge is 0.353 e. The average molecular weight is 259 g/mol. The summed E-state index contributed by atoms with van der Waals surface area (Å²) in [6, 6.07) is 9.90. The SMILES string of the molecule is CC(C)CCCCNc1nnnn1-c1ccccc1. The first kappa shape index (κ1) is 13.5. The molecule has 0 unspecified atom stereocenters. The van der Waals surface area contributed by atoms with Crippen LogP contribution in [0.15, 0.2) is 30.3 Å². The van der Waals surface area contributed by atoms with Crippen LogP contribution in [0.25, 0.3) is 5.69 Å². The van der Waals surface area contributed by atoms with E-state index in [0.29, 0.717) is 5.95 Å². The molecule has 0 radical (unpaired) electrons. The Bertz CT molecular complexity index is 478. The van der Waals surface area contributed by atoms with E-state index in [1.807, 2.05) is 30.3 Å². The van der Waals surface area contributed by atoms with Crippen LogP contribution in [0.1, 0.15) is 33.1 Å². The van der Waals surface area contributed by atoms with Crippen molar-refractivity contribution >= 4 is 5.95 Å². The van der Waals surface area contributed by atoms with Crippen LogP contribution in [0.5, 0.6) is 0 Å². The second kappa shape index (κ2) is 6.87. The number of hydrogen-bond acceptors (Lipinski definition) is 4. The number of benzene rings is 1. The Labute approximate surface area is 114 Å². The molecular weight excluding hydrogens is 238 g/mol. The maximum Gasteiger partial charge on any atom is 0.247 e. The van der Waals surface area contributed by atoms with Crippen LogP contribution in [0, 0.1) is 5.92 Å². The molecule has 5 heteroatoms. The van der Waals surface area contributed by atoms with E-state index in [-0.39, 0.29) is 0 Å². The Morgan fingerprint density at radius 1 is 1.16 bits per heavy atom. The van der Waals surface area contributed by atoms with Crippen molar-refractivity contribution in [3.8, 4) is 5.69 Å². The van der Waals surface area contributed by atoms with E-state index in [4.69, 9.17) is 0 Å². The van der Waals surface area contributed by atoms with Gasteiger partial charge in [0.2, 0.25) is 5.95 Å². The van der Waals surface area contributed by atoms with Crippen molar-refractivity contribution in [2.45, 2.75) is 33.1 Å². The zero-order valence-corrected chi connectivity index (χ0v) is 11.6. The summed E-state index contributed by atoms with van der Waals surface area (Å²) in [5.74, 6) is 1.48. The normalized spacial score (nSPS) is 10.9. The molecule has 0 aliphatic rings. The summed E-state index contributed by atoms with van der Waals surface area (Å²) < 4.78 is 1.72. The molecule has 1 heterocycles. The predicted molar refractivity (Wildman–Crippen MR) is 76.3 cm³/mol. The number of rotatable bonds is 7. The van der Waals surface area contributed by atoms with Gasteiger partial charge in [0, 0.05) is 6.54 Å². The molecule has 102 valence electrons. The zero-order valence-electron chi connectivity index (χ0n) is 11.6. The van der Waals surface area contributed by atoms with E-state index >= 15 is 0 Å². The summed E-state index contributed by atoms with van der Waals surface area (Å²) in [5, 5.41) is 15.0. The summed E-state index contributed by atoms with van der Waals surface area (Å²) in [5.41, 5.74) is 0.970. The van der Waals surface area contributed by atoms with E-state index in [1.54, 1.807) is 4.68 Å². The van der Waals surface area contributed by atoms with Crippen molar-refractivity contribution in [1.82, 2.24) is 20.2 Å². The molecule has 5 nitrogen and oxygen atoms in total. The van der Waals surface area contributed by atoms with Gasteiger partial charge in [-0.05, 0) is 34.9 Å². The maximum atomic E-state index is 4.02. The van der Waals surface area contributed by atoms with Gasteiger partial charge in [0.05, 0.1) is 5.69 Å². The molecule has 0 aliphatic heterocycles. The minimum Gasteiger partial charge on any atom is -0.353 e. The molecule has 0 amide bonds. The number of aromatic nitrogens is 4. The molecule has 0 fully saturated rings. The quantitative estimate of drug-likeness (QED) is 0.777. The average Bonchev–Trinajstić information content (AvgIpc) is 2.87. The van der Waals surface area contributed by atoms with Crippen LogP contribution in [0.4, 0.5) is 5.95 Å². The second-order valence-electron chi connectivity index (χ2n) is 5.07. The Hall–Kier alpha value is -1.91. The van der Waals surface area contributed by atoms with Crippen LogP contribution in [-0.2, 0) is 0 Å². The number of nitrogens with one attached hydrogen (secondary N) is 1. The summed E-state index contributed by atoms with van der Waals surface area (Å²) in [4.78, 5) is 0. The Kier molecular flexibility index (Phi) is 4.89. The van der Waals surface area contributed by atoms with Crippen molar-refractivity contribution in [2.75, 3.05) is 11.9 Å². The van der Waals surface area contributed by atoms with Gasteiger partial charge in [-0.3, -0.25) is 0 Å². The van der Waals surface area contributed by atoms with Gasteiger partial charge in [-0.15, -0.1) is 0 Å². The first-order chi connectivity index (χ1) is 9.27. The summed E-state index contributed by atoms with van der Waals surface area (Å²) >= 11 is 0. The van der Waals surface area contributed by atoms with Crippen molar-refractivity contribution < 1.29 is 0 Å². The highest BCUT2D eigenvalue weighted by Crippen LogP contribution is 2.11. The van der Waals surface area contributed by atoms with E-state index < -0.39 is 0 Å². The lowest BCUT2D eigenvalue weighted by Crippen LogP contribution is -2.09. The van der Waals surface area contributed by atoms with E-state index in [2.05, 4.69) is 34.7 Å². The molecule has 0 bridgehead atoms. The molecule has 1 aromatic carbocycles. The highest BCUT2D eigenvalue weighted by atomic mass is 15.6. The van der Waals surface area contributed by atoms with Gasteiger partial charge in [-0.1, -0.05) is 50.0 Å². The molecule has 19 heavy (non-hydrogen) atoms. The monoisotopic (exact) mass is 259 g/mol. The molecule has 0 saturated heterocycles. The predicted octanol–water partition coefficient (Wildman–Crippen LogP) is 2.90. The molecule has 2 aromatic rings. The van der Waals surface area contributed by atoms with Gasteiger partial charge < -0.3 is 5.32 Å². The highest BCUT2D eigenvalue weighted by Gasteiger charge is 2.06. The van der Waals surface area contributed by atoms with Crippen LogP contribution >= 0.6 is 0 Å². The standard InChI is InChI=1S/C14H21N5/c1-12(2)8-6-7-11-15-14-16-17-18-19(14)13-9-4-3-5-10-13/h3-5,9-10,12H,6-8,11H2,1-2H3,(H,15,16,18). The van der Waals surface area contributed by atoms with Gasteiger partial charge >= 0.3 is 0 Å². The molecule has 0 aliphatic carbocycles.